The maximum Gasteiger partial charge on any atom is 0.0399 e. The maximum atomic E-state index is 5.95. The van der Waals surface area contributed by atoms with Crippen LogP contribution >= 0.6 is 24.0 Å². The van der Waals surface area contributed by atoms with Crippen LogP contribution in [0.4, 0.5) is 5.69 Å². The van der Waals surface area contributed by atoms with Crippen molar-refractivity contribution in [3.05, 3.63) is 29.8 Å². The summed E-state index contributed by atoms with van der Waals surface area (Å²) in [6.07, 6.45) is 1.98. The van der Waals surface area contributed by atoms with E-state index in [4.69, 9.17) is 17.3 Å². The van der Waals surface area contributed by atoms with E-state index < -0.39 is 0 Å². The summed E-state index contributed by atoms with van der Waals surface area (Å²) < 4.78 is 0. The molecule has 18 heavy (non-hydrogen) atoms. The molecule has 2 nitrogen and oxygen atoms in total. The first-order valence-electron chi connectivity index (χ1n) is 6.36. The van der Waals surface area contributed by atoms with Crippen LogP contribution in [0.3, 0.4) is 0 Å². The van der Waals surface area contributed by atoms with E-state index in [9.17, 15) is 0 Å². The molecule has 0 spiro atoms. The highest BCUT2D eigenvalue weighted by atomic mass is 35.5. The van der Waals surface area contributed by atoms with Gasteiger partial charge >= 0.3 is 0 Å². The van der Waals surface area contributed by atoms with E-state index in [1.54, 1.807) is 0 Å². The molecule has 1 aromatic carbocycles. The van der Waals surface area contributed by atoms with Crippen molar-refractivity contribution in [1.29, 1.82) is 0 Å². The van der Waals surface area contributed by atoms with Crippen molar-refractivity contribution >= 4 is 29.7 Å². The van der Waals surface area contributed by atoms with Gasteiger partial charge in [0.05, 0.1) is 0 Å². The van der Waals surface area contributed by atoms with E-state index in [2.05, 4.69) is 43.0 Å². The fraction of sp³-hybridized carbons (Fsp3) is 0.571. The lowest BCUT2D eigenvalue weighted by atomic mass is 10.0. The van der Waals surface area contributed by atoms with Crippen LogP contribution < -0.4 is 10.6 Å². The monoisotopic (exact) mass is 290 g/mol. The predicted molar refractivity (Wildman–Crippen MR) is 84.3 cm³/mol. The number of alkyl halides is 1. The van der Waals surface area contributed by atoms with Gasteiger partial charge in [-0.2, -0.15) is 0 Å². The first-order valence-corrected chi connectivity index (χ1v) is 6.90. The van der Waals surface area contributed by atoms with Crippen LogP contribution in [0.15, 0.2) is 24.3 Å². The SMILES string of the molecule is CCC(N)Cc1ccc(N(CC)CCCl)cc1.Cl. The van der Waals surface area contributed by atoms with Crippen molar-refractivity contribution in [3.63, 3.8) is 0 Å². The van der Waals surface area contributed by atoms with Crippen molar-refractivity contribution in [1.82, 2.24) is 0 Å². The first-order chi connectivity index (χ1) is 8.21. The van der Waals surface area contributed by atoms with Gasteiger partial charge in [0.25, 0.3) is 0 Å². The molecule has 0 aliphatic heterocycles. The number of anilines is 1. The molecule has 1 aromatic rings. The Morgan fingerprint density at radius 2 is 1.83 bits per heavy atom. The first kappa shape index (κ1) is 17.6. The van der Waals surface area contributed by atoms with Gasteiger partial charge in [0.2, 0.25) is 0 Å². The third-order valence-corrected chi connectivity index (χ3v) is 3.23. The van der Waals surface area contributed by atoms with Gasteiger partial charge in [-0.25, -0.2) is 0 Å². The van der Waals surface area contributed by atoms with Crippen molar-refractivity contribution in [2.24, 2.45) is 5.73 Å². The maximum absolute atomic E-state index is 5.95. The van der Waals surface area contributed by atoms with Crippen LogP contribution in [0.25, 0.3) is 0 Å². The Balaban J connectivity index is 0.00000289. The average molecular weight is 291 g/mol. The largest absolute Gasteiger partial charge is 0.371 e. The average Bonchev–Trinajstić information content (AvgIpc) is 2.37. The molecular formula is C14H24Cl2N2. The van der Waals surface area contributed by atoms with Gasteiger partial charge in [0.15, 0.2) is 0 Å². The van der Waals surface area contributed by atoms with E-state index in [0.29, 0.717) is 5.88 Å². The Morgan fingerprint density at radius 1 is 1.22 bits per heavy atom. The van der Waals surface area contributed by atoms with Crippen molar-refractivity contribution < 1.29 is 0 Å². The molecule has 0 bridgehead atoms. The topological polar surface area (TPSA) is 29.3 Å². The number of halogens is 2. The quantitative estimate of drug-likeness (QED) is 0.780. The fourth-order valence-electron chi connectivity index (χ4n) is 1.86. The Bertz CT molecular complexity index is 314. The molecular weight excluding hydrogens is 267 g/mol. The van der Waals surface area contributed by atoms with Crippen molar-refractivity contribution in [2.75, 3.05) is 23.9 Å². The Hall–Kier alpha value is -0.440. The number of benzene rings is 1. The molecule has 4 heteroatoms. The molecule has 0 heterocycles. The number of hydrogen-bond donors (Lipinski definition) is 1. The van der Waals surface area contributed by atoms with E-state index in [0.717, 1.165) is 25.9 Å². The molecule has 1 rings (SSSR count). The lowest BCUT2D eigenvalue weighted by molar-refractivity contribution is 0.646. The lowest BCUT2D eigenvalue weighted by Gasteiger charge is -2.22. The van der Waals surface area contributed by atoms with Gasteiger partial charge in [-0.1, -0.05) is 19.1 Å². The summed E-state index contributed by atoms with van der Waals surface area (Å²) in [6.45, 7) is 6.15. The number of hydrogen-bond acceptors (Lipinski definition) is 2. The normalized spacial score (nSPS) is 11.8. The zero-order valence-electron chi connectivity index (χ0n) is 11.2. The predicted octanol–water partition coefficient (Wildman–Crippen LogP) is 3.45. The number of rotatable bonds is 7. The van der Waals surface area contributed by atoms with Crippen LogP contribution in [0.2, 0.25) is 0 Å². The van der Waals surface area contributed by atoms with E-state index in [-0.39, 0.29) is 18.4 Å². The van der Waals surface area contributed by atoms with Crippen LogP contribution in [-0.2, 0) is 6.42 Å². The number of nitrogens with two attached hydrogens (primary N) is 1. The van der Waals surface area contributed by atoms with Gasteiger partial charge in [-0.05, 0) is 37.5 Å². The lowest BCUT2D eigenvalue weighted by Crippen LogP contribution is -2.25. The van der Waals surface area contributed by atoms with Gasteiger partial charge in [0, 0.05) is 30.7 Å². The zero-order chi connectivity index (χ0) is 12.7. The van der Waals surface area contributed by atoms with Crippen LogP contribution in [-0.4, -0.2) is 25.0 Å². The van der Waals surface area contributed by atoms with E-state index in [1.807, 2.05) is 0 Å². The van der Waals surface area contributed by atoms with Gasteiger partial charge < -0.3 is 10.6 Å². The second-order valence-electron chi connectivity index (χ2n) is 4.31. The molecule has 0 aliphatic carbocycles. The number of nitrogens with zero attached hydrogens (tertiary/aromatic N) is 1. The summed E-state index contributed by atoms with van der Waals surface area (Å²) in [5.41, 5.74) is 8.50. The Kier molecular flexibility index (Phi) is 9.25. The van der Waals surface area contributed by atoms with Gasteiger partial charge in [-0.3, -0.25) is 0 Å². The molecule has 0 radical (unpaired) electrons. The second-order valence-corrected chi connectivity index (χ2v) is 4.69. The van der Waals surface area contributed by atoms with Gasteiger partial charge in [0.1, 0.15) is 0 Å². The highest BCUT2D eigenvalue weighted by molar-refractivity contribution is 6.18. The standard InChI is InChI=1S/C14H23ClN2.ClH/c1-3-13(16)11-12-5-7-14(8-6-12)17(4-2)10-9-15;/h5-8,13H,3-4,9-11,16H2,1-2H3;1H. The molecule has 0 aromatic heterocycles. The molecule has 0 saturated carbocycles. The van der Waals surface area contributed by atoms with Crippen molar-refractivity contribution in [3.8, 4) is 0 Å². The second kappa shape index (κ2) is 9.48. The van der Waals surface area contributed by atoms with Crippen molar-refractivity contribution in [2.45, 2.75) is 32.7 Å². The molecule has 0 fully saturated rings. The minimum absolute atomic E-state index is 0. The minimum atomic E-state index is 0. The highest BCUT2D eigenvalue weighted by Crippen LogP contribution is 2.16. The smallest absolute Gasteiger partial charge is 0.0399 e. The zero-order valence-corrected chi connectivity index (χ0v) is 12.8. The van der Waals surface area contributed by atoms with Crippen LogP contribution in [0, 0.1) is 0 Å². The molecule has 0 saturated heterocycles. The highest BCUT2D eigenvalue weighted by Gasteiger charge is 2.05. The Morgan fingerprint density at radius 3 is 2.28 bits per heavy atom. The summed E-state index contributed by atoms with van der Waals surface area (Å²) in [5.74, 6) is 0.663. The third-order valence-electron chi connectivity index (χ3n) is 3.06. The van der Waals surface area contributed by atoms with E-state index in [1.165, 1.54) is 11.3 Å². The molecule has 1 atom stereocenters. The molecule has 1 unspecified atom stereocenters. The van der Waals surface area contributed by atoms with E-state index >= 15 is 0 Å². The summed E-state index contributed by atoms with van der Waals surface area (Å²) in [7, 11) is 0. The summed E-state index contributed by atoms with van der Waals surface area (Å²) in [6, 6.07) is 8.93. The summed E-state index contributed by atoms with van der Waals surface area (Å²) in [4.78, 5) is 2.27. The third kappa shape index (κ3) is 5.47. The van der Waals surface area contributed by atoms with Crippen LogP contribution in [0.5, 0.6) is 0 Å². The fourth-order valence-corrected chi connectivity index (χ4v) is 2.07. The molecule has 0 amide bonds. The van der Waals surface area contributed by atoms with Gasteiger partial charge in [-0.15, -0.1) is 24.0 Å². The Labute approximate surface area is 122 Å². The molecule has 104 valence electrons. The summed E-state index contributed by atoms with van der Waals surface area (Å²) in [5, 5.41) is 0. The molecule has 2 N–H and O–H groups in total. The van der Waals surface area contributed by atoms with Crippen LogP contribution in [0.1, 0.15) is 25.8 Å². The minimum Gasteiger partial charge on any atom is -0.371 e. The molecule has 0 aliphatic rings. The summed E-state index contributed by atoms with van der Waals surface area (Å²) >= 11 is 5.79.